The number of hydrogen-bond donors (Lipinski definition) is 0. The summed E-state index contributed by atoms with van der Waals surface area (Å²) in [6.45, 7) is 2.44. The van der Waals surface area contributed by atoms with E-state index in [0.29, 0.717) is 33.8 Å². The number of nitrogens with zero attached hydrogens (tertiary/aromatic N) is 1. The maximum atomic E-state index is 11.8. The first-order chi connectivity index (χ1) is 12.0. The van der Waals surface area contributed by atoms with Crippen molar-refractivity contribution in [1.29, 1.82) is 0 Å². The fourth-order valence-corrected chi connectivity index (χ4v) is 2.41. The standard InChI is InChI=1S/C18H17Cl2NO4/c1-3-24-15-9-12(8-14(19)18(15)23-2)5-7-17(22)25-11-13-4-6-16(20)21-10-13/h4-10H,3,11H2,1-2H3/b7-5+. The SMILES string of the molecule is CCOc1cc(/C=C/C(=O)OCc2ccc(Cl)nc2)cc(Cl)c1OC. The number of carbonyl (C=O) groups is 1. The summed E-state index contributed by atoms with van der Waals surface area (Å²) < 4.78 is 15.9. The van der Waals surface area contributed by atoms with Gasteiger partial charge in [0.15, 0.2) is 11.5 Å². The Balaban J connectivity index is 2.02. The van der Waals surface area contributed by atoms with E-state index in [1.165, 1.54) is 13.2 Å². The molecule has 1 heterocycles. The molecule has 0 spiro atoms. The van der Waals surface area contributed by atoms with Gasteiger partial charge in [0.25, 0.3) is 0 Å². The molecular formula is C18H17Cl2NO4. The van der Waals surface area contributed by atoms with Crippen molar-refractivity contribution in [2.75, 3.05) is 13.7 Å². The maximum Gasteiger partial charge on any atom is 0.331 e. The van der Waals surface area contributed by atoms with E-state index >= 15 is 0 Å². The number of esters is 1. The molecule has 0 amide bonds. The minimum atomic E-state index is -0.486. The van der Waals surface area contributed by atoms with Crippen molar-refractivity contribution < 1.29 is 19.0 Å². The summed E-state index contributed by atoms with van der Waals surface area (Å²) in [6.07, 6.45) is 4.46. The average Bonchev–Trinajstić information content (AvgIpc) is 2.59. The predicted molar refractivity (Wildman–Crippen MR) is 97.3 cm³/mol. The number of methoxy groups -OCH3 is 1. The lowest BCUT2D eigenvalue weighted by atomic mass is 10.2. The molecule has 0 fully saturated rings. The van der Waals surface area contributed by atoms with Crippen LogP contribution in [-0.2, 0) is 16.1 Å². The van der Waals surface area contributed by atoms with Gasteiger partial charge in [0, 0.05) is 17.8 Å². The van der Waals surface area contributed by atoms with Crippen LogP contribution in [0.3, 0.4) is 0 Å². The Hall–Kier alpha value is -2.24. The molecule has 7 heteroatoms. The molecule has 0 aliphatic rings. The third-order valence-electron chi connectivity index (χ3n) is 3.12. The Morgan fingerprint density at radius 3 is 2.72 bits per heavy atom. The Bertz CT molecular complexity index is 760. The number of pyridine rings is 1. The summed E-state index contributed by atoms with van der Waals surface area (Å²) in [6, 6.07) is 6.79. The minimum absolute atomic E-state index is 0.112. The maximum absolute atomic E-state index is 11.8. The number of carbonyl (C=O) groups excluding carboxylic acids is 1. The van der Waals surface area contributed by atoms with E-state index in [2.05, 4.69) is 4.98 Å². The molecule has 0 atom stereocenters. The van der Waals surface area contributed by atoms with E-state index in [9.17, 15) is 4.79 Å². The Morgan fingerprint density at radius 2 is 2.08 bits per heavy atom. The quantitative estimate of drug-likeness (QED) is 0.399. The van der Waals surface area contributed by atoms with Gasteiger partial charge in [-0.25, -0.2) is 9.78 Å². The molecule has 5 nitrogen and oxygen atoms in total. The normalized spacial score (nSPS) is 10.7. The zero-order valence-electron chi connectivity index (χ0n) is 13.8. The highest BCUT2D eigenvalue weighted by Gasteiger charge is 2.10. The van der Waals surface area contributed by atoms with Gasteiger partial charge >= 0.3 is 5.97 Å². The smallest absolute Gasteiger partial charge is 0.331 e. The van der Waals surface area contributed by atoms with Crippen LogP contribution < -0.4 is 9.47 Å². The second-order valence-corrected chi connectivity index (χ2v) is 5.69. The zero-order valence-corrected chi connectivity index (χ0v) is 15.3. The van der Waals surface area contributed by atoms with E-state index < -0.39 is 5.97 Å². The molecular weight excluding hydrogens is 365 g/mol. The van der Waals surface area contributed by atoms with Crippen LogP contribution in [0.2, 0.25) is 10.2 Å². The van der Waals surface area contributed by atoms with Gasteiger partial charge in [-0.3, -0.25) is 0 Å². The number of hydrogen-bond acceptors (Lipinski definition) is 5. The lowest BCUT2D eigenvalue weighted by molar-refractivity contribution is -0.138. The molecule has 2 rings (SSSR count). The van der Waals surface area contributed by atoms with Gasteiger partial charge in [0.1, 0.15) is 11.8 Å². The van der Waals surface area contributed by atoms with Gasteiger partial charge in [0.2, 0.25) is 0 Å². The molecule has 0 radical (unpaired) electrons. The van der Waals surface area contributed by atoms with Crippen LogP contribution in [0.4, 0.5) is 0 Å². The van der Waals surface area contributed by atoms with Gasteiger partial charge < -0.3 is 14.2 Å². The van der Waals surface area contributed by atoms with E-state index in [4.69, 9.17) is 37.4 Å². The molecule has 0 N–H and O–H groups in total. The first kappa shape index (κ1) is 19.1. The number of halogens is 2. The zero-order chi connectivity index (χ0) is 18.2. The molecule has 25 heavy (non-hydrogen) atoms. The summed E-state index contributed by atoms with van der Waals surface area (Å²) in [5.41, 5.74) is 1.44. The van der Waals surface area contributed by atoms with Crippen molar-refractivity contribution in [3.63, 3.8) is 0 Å². The average molecular weight is 382 g/mol. The molecule has 0 saturated carbocycles. The summed E-state index contributed by atoms with van der Waals surface area (Å²) >= 11 is 11.9. The topological polar surface area (TPSA) is 57.7 Å². The predicted octanol–water partition coefficient (Wildman–Crippen LogP) is 4.55. The second kappa shape index (κ2) is 9.30. The van der Waals surface area contributed by atoms with Gasteiger partial charge in [-0.05, 0) is 36.8 Å². The number of benzene rings is 1. The fraction of sp³-hybridized carbons (Fsp3) is 0.222. The summed E-state index contributed by atoms with van der Waals surface area (Å²) in [5, 5.41) is 0.783. The molecule has 1 aromatic carbocycles. The highest BCUT2D eigenvalue weighted by Crippen LogP contribution is 2.36. The highest BCUT2D eigenvalue weighted by atomic mass is 35.5. The van der Waals surface area contributed by atoms with Gasteiger partial charge in [-0.2, -0.15) is 0 Å². The number of ether oxygens (including phenoxy) is 3. The molecule has 1 aromatic heterocycles. The molecule has 132 valence electrons. The van der Waals surface area contributed by atoms with Gasteiger partial charge in [-0.15, -0.1) is 0 Å². The van der Waals surface area contributed by atoms with Crippen LogP contribution in [0.5, 0.6) is 11.5 Å². The van der Waals surface area contributed by atoms with Crippen molar-refractivity contribution in [3.05, 3.63) is 57.8 Å². The Labute approximate surface area is 156 Å². The highest BCUT2D eigenvalue weighted by molar-refractivity contribution is 6.32. The first-order valence-corrected chi connectivity index (χ1v) is 8.24. The molecule has 0 bridgehead atoms. The molecule has 0 aliphatic heterocycles. The fourth-order valence-electron chi connectivity index (χ4n) is 2.00. The van der Waals surface area contributed by atoms with E-state index in [-0.39, 0.29) is 6.61 Å². The van der Waals surface area contributed by atoms with Crippen molar-refractivity contribution >= 4 is 35.2 Å². The van der Waals surface area contributed by atoms with Crippen molar-refractivity contribution in [2.24, 2.45) is 0 Å². The molecule has 2 aromatic rings. The third kappa shape index (κ3) is 5.66. The van der Waals surface area contributed by atoms with E-state index in [1.54, 1.807) is 36.5 Å². The van der Waals surface area contributed by atoms with Crippen LogP contribution in [0.1, 0.15) is 18.1 Å². The van der Waals surface area contributed by atoms with Crippen molar-refractivity contribution in [3.8, 4) is 11.5 Å². The van der Waals surface area contributed by atoms with Gasteiger partial charge in [0.05, 0.1) is 18.7 Å². The van der Waals surface area contributed by atoms with E-state index in [0.717, 1.165) is 5.56 Å². The number of rotatable bonds is 7. The Morgan fingerprint density at radius 1 is 1.28 bits per heavy atom. The lowest BCUT2D eigenvalue weighted by Gasteiger charge is -2.11. The Kier molecular flexibility index (Phi) is 7.10. The van der Waals surface area contributed by atoms with Crippen molar-refractivity contribution in [1.82, 2.24) is 4.98 Å². The summed E-state index contributed by atoms with van der Waals surface area (Å²) in [5.74, 6) is 0.482. The van der Waals surface area contributed by atoms with Crippen LogP contribution in [0.15, 0.2) is 36.5 Å². The van der Waals surface area contributed by atoms with Crippen molar-refractivity contribution in [2.45, 2.75) is 13.5 Å². The number of aromatic nitrogens is 1. The monoisotopic (exact) mass is 381 g/mol. The second-order valence-electron chi connectivity index (χ2n) is 4.90. The summed E-state index contributed by atoms with van der Waals surface area (Å²) in [7, 11) is 1.52. The van der Waals surface area contributed by atoms with Crippen LogP contribution >= 0.6 is 23.2 Å². The molecule has 0 saturated heterocycles. The van der Waals surface area contributed by atoms with Gasteiger partial charge in [-0.1, -0.05) is 29.3 Å². The lowest BCUT2D eigenvalue weighted by Crippen LogP contribution is -2.01. The summed E-state index contributed by atoms with van der Waals surface area (Å²) in [4.78, 5) is 15.8. The third-order valence-corrected chi connectivity index (χ3v) is 3.62. The molecule has 0 aliphatic carbocycles. The minimum Gasteiger partial charge on any atom is -0.491 e. The van der Waals surface area contributed by atoms with Crippen LogP contribution in [0, 0.1) is 0 Å². The van der Waals surface area contributed by atoms with Crippen LogP contribution in [-0.4, -0.2) is 24.7 Å². The largest absolute Gasteiger partial charge is 0.491 e. The van der Waals surface area contributed by atoms with Crippen LogP contribution in [0.25, 0.3) is 6.08 Å². The van der Waals surface area contributed by atoms with E-state index in [1.807, 2.05) is 6.92 Å². The first-order valence-electron chi connectivity index (χ1n) is 7.49. The molecule has 0 unspecified atom stereocenters.